The van der Waals surface area contributed by atoms with Gasteiger partial charge in [0.1, 0.15) is 5.52 Å². The van der Waals surface area contributed by atoms with Crippen LogP contribution in [-0.2, 0) is 0 Å². The zero-order valence-electron chi connectivity index (χ0n) is 11.8. The standard InChI is InChI=1S/C13H18N6S/c1-8(7-15-3)19-6-5-10-11(19)12(14)18-13(17-10)16-9(2)20-4/h5-7,15H,2H2,1,3-4H3,(H3,14,16,17,18)/b8-7+. The van der Waals surface area contributed by atoms with Gasteiger partial charge in [0.05, 0.1) is 10.5 Å². The molecular formula is C13H18N6S. The van der Waals surface area contributed by atoms with Crippen LogP contribution >= 0.6 is 11.8 Å². The van der Waals surface area contributed by atoms with Crippen LogP contribution in [0.1, 0.15) is 6.92 Å². The van der Waals surface area contributed by atoms with Crippen LogP contribution in [0, 0.1) is 0 Å². The molecule has 2 aromatic heterocycles. The number of nitrogens with zero attached hydrogens (tertiary/aromatic N) is 3. The molecule has 6 nitrogen and oxygen atoms in total. The lowest BCUT2D eigenvalue weighted by Gasteiger charge is -2.09. The SMILES string of the molecule is C=C(Nc1nc(N)c2c(ccn2/C(C)=C/NC)n1)SC. The fourth-order valence-corrected chi connectivity index (χ4v) is 2.07. The van der Waals surface area contributed by atoms with Gasteiger partial charge in [0.25, 0.3) is 0 Å². The topological polar surface area (TPSA) is 80.8 Å². The molecule has 0 saturated heterocycles. The van der Waals surface area contributed by atoms with E-state index < -0.39 is 0 Å². The summed E-state index contributed by atoms with van der Waals surface area (Å²) in [4.78, 5) is 8.72. The second-order valence-electron chi connectivity index (χ2n) is 4.18. The van der Waals surface area contributed by atoms with Crippen molar-refractivity contribution < 1.29 is 0 Å². The van der Waals surface area contributed by atoms with Gasteiger partial charge in [0.15, 0.2) is 5.82 Å². The molecule has 106 valence electrons. The van der Waals surface area contributed by atoms with Crippen molar-refractivity contribution in [2.24, 2.45) is 0 Å². The van der Waals surface area contributed by atoms with Crippen LogP contribution in [0.25, 0.3) is 16.7 Å². The van der Waals surface area contributed by atoms with E-state index in [1.165, 1.54) is 11.8 Å². The number of rotatable bonds is 5. The number of thioether (sulfide) groups is 1. The average molecular weight is 290 g/mol. The Hall–Kier alpha value is -2.15. The number of hydrogen-bond donors (Lipinski definition) is 3. The Bertz CT molecular complexity index is 673. The van der Waals surface area contributed by atoms with Crippen molar-refractivity contribution in [1.82, 2.24) is 19.9 Å². The molecule has 2 rings (SSSR count). The first kappa shape index (κ1) is 14.3. The van der Waals surface area contributed by atoms with Crippen LogP contribution in [0.3, 0.4) is 0 Å². The minimum atomic E-state index is 0.431. The van der Waals surface area contributed by atoms with Crippen LogP contribution in [-0.4, -0.2) is 27.8 Å². The Morgan fingerprint density at radius 3 is 2.90 bits per heavy atom. The summed E-state index contributed by atoms with van der Waals surface area (Å²) in [5.74, 6) is 0.891. The lowest BCUT2D eigenvalue weighted by Crippen LogP contribution is -2.05. The summed E-state index contributed by atoms with van der Waals surface area (Å²) in [6.07, 6.45) is 5.74. The van der Waals surface area contributed by atoms with Gasteiger partial charge >= 0.3 is 0 Å². The summed E-state index contributed by atoms with van der Waals surface area (Å²) >= 11 is 1.50. The van der Waals surface area contributed by atoms with E-state index in [0.717, 1.165) is 21.8 Å². The minimum Gasteiger partial charge on any atom is -0.393 e. The van der Waals surface area contributed by atoms with E-state index in [1.807, 2.05) is 43.3 Å². The quantitative estimate of drug-likeness (QED) is 0.784. The number of anilines is 2. The summed E-state index contributed by atoms with van der Waals surface area (Å²) in [7, 11) is 1.85. The van der Waals surface area contributed by atoms with Gasteiger partial charge in [-0.15, -0.1) is 11.8 Å². The number of hydrogen-bond acceptors (Lipinski definition) is 6. The lowest BCUT2D eigenvalue weighted by molar-refractivity contribution is 1.05. The van der Waals surface area contributed by atoms with E-state index in [1.54, 1.807) is 0 Å². The molecule has 0 atom stereocenters. The highest BCUT2D eigenvalue weighted by atomic mass is 32.2. The van der Waals surface area contributed by atoms with Crippen molar-refractivity contribution in [1.29, 1.82) is 0 Å². The molecule has 0 fully saturated rings. The predicted octanol–water partition coefficient (Wildman–Crippen LogP) is 2.30. The summed E-state index contributed by atoms with van der Waals surface area (Å²) in [6.45, 7) is 5.83. The average Bonchev–Trinajstić information content (AvgIpc) is 2.83. The highest BCUT2D eigenvalue weighted by molar-refractivity contribution is 8.02. The van der Waals surface area contributed by atoms with E-state index in [4.69, 9.17) is 5.73 Å². The molecule has 0 radical (unpaired) electrons. The largest absolute Gasteiger partial charge is 0.393 e. The molecule has 0 aliphatic heterocycles. The molecule has 4 N–H and O–H groups in total. The zero-order valence-corrected chi connectivity index (χ0v) is 12.6. The molecule has 20 heavy (non-hydrogen) atoms. The Labute approximate surface area is 122 Å². The van der Waals surface area contributed by atoms with E-state index >= 15 is 0 Å². The van der Waals surface area contributed by atoms with Gasteiger partial charge in [-0.3, -0.25) is 0 Å². The van der Waals surface area contributed by atoms with Gasteiger partial charge in [-0.05, 0) is 19.2 Å². The Morgan fingerprint density at radius 2 is 2.25 bits per heavy atom. The number of nitrogens with one attached hydrogen (secondary N) is 2. The maximum absolute atomic E-state index is 6.06. The third-order valence-electron chi connectivity index (χ3n) is 2.79. The second kappa shape index (κ2) is 5.87. The maximum atomic E-state index is 6.06. The van der Waals surface area contributed by atoms with Gasteiger partial charge in [0, 0.05) is 25.1 Å². The van der Waals surface area contributed by atoms with Crippen LogP contribution in [0.2, 0.25) is 0 Å². The summed E-state index contributed by atoms with van der Waals surface area (Å²) < 4.78 is 1.95. The molecule has 7 heteroatoms. The van der Waals surface area contributed by atoms with Crippen molar-refractivity contribution in [3.8, 4) is 0 Å². The van der Waals surface area contributed by atoms with Crippen LogP contribution < -0.4 is 16.4 Å². The second-order valence-corrected chi connectivity index (χ2v) is 5.08. The lowest BCUT2D eigenvalue weighted by atomic mass is 10.4. The molecule has 0 aliphatic rings. The molecule has 0 amide bonds. The van der Waals surface area contributed by atoms with Gasteiger partial charge in [-0.2, -0.15) is 4.98 Å². The normalized spacial score (nSPS) is 11.7. The number of allylic oxidation sites excluding steroid dienone is 1. The Morgan fingerprint density at radius 1 is 1.50 bits per heavy atom. The molecular weight excluding hydrogens is 272 g/mol. The molecule has 0 aromatic carbocycles. The third-order valence-corrected chi connectivity index (χ3v) is 3.39. The summed E-state index contributed by atoms with van der Waals surface area (Å²) in [5.41, 5.74) is 8.65. The van der Waals surface area contributed by atoms with Crippen molar-refractivity contribution >= 4 is 40.3 Å². The number of nitrogens with two attached hydrogens (primary N) is 1. The minimum absolute atomic E-state index is 0.431. The monoisotopic (exact) mass is 290 g/mol. The molecule has 0 spiro atoms. The first-order valence-electron chi connectivity index (χ1n) is 6.05. The number of aromatic nitrogens is 3. The van der Waals surface area contributed by atoms with Gasteiger partial charge in [-0.1, -0.05) is 6.58 Å². The van der Waals surface area contributed by atoms with Crippen LogP contribution in [0.15, 0.2) is 30.1 Å². The van der Waals surface area contributed by atoms with Crippen LogP contribution in [0.4, 0.5) is 11.8 Å². The van der Waals surface area contributed by atoms with Gasteiger partial charge in [0.2, 0.25) is 5.95 Å². The smallest absolute Gasteiger partial charge is 0.230 e. The first-order chi connectivity index (χ1) is 9.56. The van der Waals surface area contributed by atoms with E-state index in [-0.39, 0.29) is 0 Å². The predicted molar refractivity (Wildman–Crippen MR) is 87.2 cm³/mol. The van der Waals surface area contributed by atoms with Crippen molar-refractivity contribution in [3.63, 3.8) is 0 Å². The molecule has 0 aliphatic carbocycles. The molecule has 0 bridgehead atoms. The molecule has 2 aromatic rings. The molecule has 0 unspecified atom stereocenters. The van der Waals surface area contributed by atoms with E-state index in [2.05, 4.69) is 27.2 Å². The third kappa shape index (κ3) is 2.72. The van der Waals surface area contributed by atoms with Crippen molar-refractivity contribution in [3.05, 3.63) is 30.1 Å². The number of fused-ring (bicyclic) bond motifs is 1. The van der Waals surface area contributed by atoms with E-state index in [0.29, 0.717) is 11.8 Å². The fourth-order valence-electron chi connectivity index (χ4n) is 1.88. The van der Waals surface area contributed by atoms with Crippen LogP contribution in [0.5, 0.6) is 0 Å². The zero-order chi connectivity index (χ0) is 14.7. The highest BCUT2D eigenvalue weighted by Crippen LogP contribution is 2.24. The number of nitrogen functional groups attached to an aromatic ring is 1. The summed E-state index contributed by atoms with van der Waals surface area (Å²) in [5, 5.41) is 6.78. The first-order valence-corrected chi connectivity index (χ1v) is 7.28. The fraction of sp³-hybridized carbons (Fsp3) is 0.231. The highest BCUT2D eigenvalue weighted by Gasteiger charge is 2.11. The van der Waals surface area contributed by atoms with Crippen molar-refractivity contribution in [2.75, 3.05) is 24.4 Å². The Kier molecular flexibility index (Phi) is 4.19. The van der Waals surface area contributed by atoms with Crippen molar-refractivity contribution in [2.45, 2.75) is 6.92 Å². The molecule has 2 heterocycles. The summed E-state index contributed by atoms with van der Waals surface area (Å²) in [6, 6.07) is 1.91. The molecule has 0 saturated carbocycles. The van der Waals surface area contributed by atoms with Gasteiger partial charge in [-0.25, -0.2) is 4.98 Å². The van der Waals surface area contributed by atoms with E-state index in [9.17, 15) is 0 Å². The maximum Gasteiger partial charge on any atom is 0.230 e. The van der Waals surface area contributed by atoms with Gasteiger partial charge < -0.3 is 20.9 Å². The Balaban J connectivity index is 2.49.